The van der Waals surface area contributed by atoms with Gasteiger partial charge >= 0.3 is 5.97 Å². The highest BCUT2D eigenvalue weighted by molar-refractivity contribution is 14.1. The summed E-state index contributed by atoms with van der Waals surface area (Å²) in [5.41, 5.74) is 8.12. The van der Waals surface area contributed by atoms with Crippen molar-refractivity contribution in [2.45, 2.75) is 33.3 Å². The number of halogens is 1. The fraction of sp³-hybridized carbons (Fsp3) is 0.241. The highest BCUT2D eigenvalue weighted by Crippen LogP contribution is 2.44. The molecule has 1 unspecified atom stereocenters. The Morgan fingerprint density at radius 3 is 2.59 bits per heavy atom. The van der Waals surface area contributed by atoms with Crippen LogP contribution < -0.4 is 15.2 Å². The van der Waals surface area contributed by atoms with Gasteiger partial charge in [-0.25, -0.2) is 4.79 Å². The zero-order chi connectivity index (χ0) is 26.5. The van der Waals surface area contributed by atoms with Crippen molar-refractivity contribution in [3.8, 4) is 17.6 Å². The second-order valence-corrected chi connectivity index (χ2v) is 9.47. The number of nitrogens with two attached hydrogens (primary N) is 1. The van der Waals surface area contributed by atoms with Gasteiger partial charge in [-0.3, -0.25) is 0 Å². The number of nitriles is 1. The molecule has 4 rings (SSSR count). The van der Waals surface area contributed by atoms with Crippen LogP contribution in [-0.2, 0) is 20.9 Å². The van der Waals surface area contributed by atoms with Gasteiger partial charge in [-0.15, -0.1) is 0 Å². The van der Waals surface area contributed by atoms with Crippen molar-refractivity contribution in [1.82, 2.24) is 0 Å². The summed E-state index contributed by atoms with van der Waals surface area (Å²) in [5.74, 6) is 0.0199. The van der Waals surface area contributed by atoms with E-state index in [1.165, 1.54) is 0 Å². The van der Waals surface area contributed by atoms with Crippen LogP contribution in [0.5, 0.6) is 11.5 Å². The first-order valence-electron chi connectivity index (χ1n) is 11.9. The molecule has 190 valence electrons. The Morgan fingerprint density at radius 1 is 1.11 bits per heavy atom. The van der Waals surface area contributed by atoms with Crippen molar-refractivity contribution in [2.75, 3.05) is 13.2 Å². The average molecular weight is 610 g/mol. The van der Waals surface area contributed by atoms with Crippen LogP contribution in [-0.4, -0.2) is 19.2 Å². The first-order valence-corrected chi connectivity index (χ1v) is 13.0. The number of fused-ring (bicyclic) bond motifs is 1. The van der Waals surface area contributed by atoms with Crippen LogP contribution in [0.25, 0.3) is 10.8 Å². The summed E-state index contributed by atoms with van der Waals surface area (Å²) in [6.45, 7) is 6.18. The largest absolute Gasteiger partial charge is 0.490 e. The predicted octanol–water partition coefficient (Wildman–Crippen LogP) is 6.07. The van der Waals surface area contributed by atoms with Crippen molar-refractivity contribution in [3.63, 3.8) is 0 Å². The molecule has 0 amide bonds. The van der Waals surface area contributed by atoms with E-state index >= 15 is 0 Å². The standard InChI is InChI=1S/C29H27IN2O5/c1-4-34-24-14-20(26-22(15-31)28(32)37-17(3)25(26)29(33)35-5-2)13-23(30)27(24)36-16-19-11-8-10-18-9-6-7-12-21(18)19/h6-14,26H,4-5,16,32H2,1-3H3. The maximum atomic E-state index is 12.9. The number of carbonyl (C=O) groups is 1. The van der Waals surface area contributed by atoms with Gasteiger partial charge in [0.2, 0.25) is 5.88 Å². The summed E-state index contributed by atoms with van der Waals surface area (Å²) in [6.07, 6.45) is 0. The van der Waals surface area contributed by atoms with Crippen LogP contribution in [0.4, 0.5) is 0 Å². The topological polar surface area (TPSA) is 104 Å². The molecule has 0 aliphatic carbocycles. The summed E-state index contributed by atoms with van der Waals surface area (Å²) in [6, 6.07) is 20.0. The number of allylic oxidation sites excluding steroid dienone is 2. The number of hydrogen-bond acceptors (Lipinski definition) is 7. The minimum Gasteiger partial charge on any atom is -0.490 e. The summed E-state index contributed by atoms with van der Waals surface area (Å²) < 4.78 is 23.8. The Morgan fingerprint density at radius 2 is 1.86 bits per heavy atom. The second-order valence-electron chi connectivity index (χ2n) is 8.31. The Labute approximate surface area is 229 Å². The lowest BCUT2D eigenvalue weighted by atomic mass is 9.83. The number of hydrogen-bond donors (Lipinski definition) is 1. The van der Waals surface area contributed by atoms with Crippen LogP contribution in [0.1, 0.15) is 37.8 Å². The number of rotatable bonds is 8. The van der Waals surface area contributed by atoms with E-state index in [1.54, 1.807) is 19.9 Å². The van der Waals surface area contributed by atoms with Crippen molar-refractivity contribution in [1.29, 1.82) is 5.26 Å². The van der Waals surface area contributed by atoms with Gasteiger partial charge in [-0.2, -0.15) is 5.26 Å². The van der Waals surface area contributed by atoms with E-state index in [-0.39, 0.29) is 23.6 Å². The summed E-state index contributed by atoms with van der Waals surface area (Å²) in [5, 5.41) is 12.2. The molecule has 0 aromatic heterocycles. The lowest BCUT2D eigenvalue weighted by molar-refractivity contribution is -0.139. The van der Waals surface area contributed by atoms with Crippen molar-refractivity contribution < 1.29 is 23.7 Å². The van der Waals surface area contributed by atoms with Gasteiger partial charge in [0, 0.05) is 0 Å². The van der Waals surface area contributed by atoms with Gasteiger partial charge in [-0.1, -0.05) is 42.5 Å². The second kappa shape index (κ2) is 11.6. The zero-order valence-electron chi connectivity index (χ0n) is 20.8. The van der Waals surface area contributed by atoms with Crippen LogP contribution in [0, 0.1) is 14.9 Å². The molecule has 1 aliphatic rings. The highest BCUT2D eigenvalue weighted by atomic mass is 127. The maximum Gasteiger partial charge on any atom is 0.338 e. The van der Waals surface area contributed by atoms with E-state index in [1.807, 2.05) is 37.3 Å². The van der Waals surface area contributed by atoms with Gasteiger partial charge in [0.05, 0.1) is 28.3 Å². The van der Waals surface area contributed by atoms with E-state index in [9.17, 15) is 10.1 Å². The van der Waals surface area contributed by atoms with E-state index in [0.717, 1.165) is 19.9 Å². The van der Waals surface area contributed by atoms with Crippen LogP contribution in [0.15, 0.2) is 77.4 Å². The minimum atomic E-state index is -0.766. The van der Waals surface area contributed by atoms with E-state index in [2.05, 4.69) is 46.9 Å². The third-order valence-corrected chi connectivity index (χ3v) is 6.82. The van der Waals surface area contributed by atoms with Gasteiger partial charge < -0.3 is 24.7 Å². The average Bonchev–Trinajstić information content (AvgIpc) is 2.88. The molecule has 0 spiro atoms. The molecule has 2 N–H and O–H groups in total. The quantitative estimate of drug-likeness (QED) is 0.244. The van der Waals surface area contributed by atoms with Gasteiger partial charge in [-0.05, 0) is 77.4 Å². The first-order chi connectivity index (χ1) is 17.9. The van der Waals surface area contributed by atoms with Crippen LogP contribution >= 0.6 is 22.6 Å². The molecule has 8 heteroatoms. The number of esters is 1. The molecular weight excluding hydrogens is 583 g/mol. The number of nitrogens with zero attached hydrogens (tertiary/aromatic N) is 1. The highest BCUT2D eigenvalue weighted by Gasteiger charge is 2.37. The maximum absolute atomic E-state index is 12.9. The summed E-state index contributed by atoms with van der Waals surface area (Å²) in [7, 11) is 0. The van der Waals surface area contributed by atoms with E-state index < -0.39 is 11.9 Å². The van der Waals surface area contributed by atoms with Crippen molar-refractivity contribution >= 4 is 39.3 Å². The number of carbonyl (C=O) groups excluding carboxylic acids is 1. The van der Waals surface area contributed by atoms with Gasteiger partial charge in [0.15, 0.2) is 11.5 Å². The third kappa shape index (κ3) is 5.37. The molecule has 3 aromatic carbocycles. The molecule has 1 atom stereocenters. The fourth-order valence-corrected chi connectivity index (χ4v) is 5.20. The molecule has 0 saturated carbocycles. The normalized spacial score (nSPS) is 15.3. The van der Waals surface area contributed by atoms with E-state index in [0.29, 0.717) is 36.0 Å². The zero-order valence-corrected chi connectivity index (χ0v) is 23.0. The molecular formula is C29H27IN2O5. The molecule has 7 nitrogen and oxygen atoms in total. The predicted molar refractivity (Wildman–Crippen MR) is 149 cm³/mol. The Balaban J connectivity index is 1.76. The summed E-state index contributed by atoms with van der Waals surface area (Å²) >= 11 is 2.18. The molecule has 1 aliphatic heterocycles. The monoisotopic (exact) mass is 610 g/mol. The SMILES string of the molecule is CCOC(=O)C1=C(C)OC(N)=C(C#N)C1c1cc(I)c(OCc2cccc3ccccc23)c(OCC)c1. The molecule has 0 bridgehead atoms. The smallest absolute Gasteiger partial charge is 0.338 e. The van der Waals surface area contributed by atoms with E-state index in [4.69, 9.17) is 24.7 Å². The van der Waals surface area contributed by atoms with Gasteiger partial charge in [0.25, 0.3) is 0 Å². The molecule has 0 fully saturated rings. The molecule has 0 saturated heterocycles. The Kier molecular flexibility index (Phi) is 8.24. The lowest BCUT2D eigenvalue weighted by Crippen LogP contribution is -2.25. The number of ether oxygens (including phenoxy) is 4. The third-order valence-electron chi connectivity index (χ3n) is 6.02. The Bertz CT molecular complexity index is 1450. The number of benzene rings is 3. The van der Waals surface area contributed by atoms with Crippen LogP contribution in [0.2, 0.25) is 0 Å². The Hall–Kier alpha value is -3.71. The van der Waals surface area contributed by atoms with Crippen molar-refractivity contribution in [3.05, 3.63) is 92.1 Å². The minimum absolute atomic E-state index is 0.0395. The molecule has 37 heavy (non-hydrogen) atoms. The van der Waals surface area contributed by atoms with Gasteiger partial charge in [0.1, 0.15) is 24.0 Å². The molecule has 1 heterocycles. The fourth-order valence-electron chi connectivity index (χ4n) is 4.41. The lowest BCUT2D eigenvalue weighted by Gasteiger charge is -2.27. The van der Waals surface area contributed by atoms with Crippen LogP contribution in [0.3, 0.4) is 0 Å². The molecule has 0 radical (unpaired) electrons. The first kappa shape index (κ1) is 26.4. The molecule has 3 aromatic rings. The summed E-state index contributed by atoms with van der Waals surface area (Å²) in [4.78, 5) is 12.9. The van der Waals surface area contributed by atoms with Crippen molar-refractivity contribution in [2.24, 2.45) is 5.73 Å².